The van der Waals surface area contributed by atoms with Crippen LogP contribution in [0.1, 0.15) is 50.5 Å². The van der Waals surface area contributed by atoms with E-state index in [1.165, 1.54) is 38.1 Å². The van der Waals surface area contributed by atoms with E-state index in [2.05, 4.69) is 0 Å². The van der Waals surface area contributed by atoms with Crippen LogP contribution in [0.3, 0.4) is 0 Å². The Labute approximate surface area is 235 Å². The highest BCUT2D eigenvalue weighted by Crippen LogP contribution is 2.45. The minimum Gasteiger partial charge on any atom is -0.476 e. The zero-order valence-electron chi connectivity index (χ0n) is 18.9. The number of nitrogens with zero attached hydrogens (tertiary/aromatic N) is 1. The molecule has 0 atom stereocenters. The Hall–Kier alpha value is -2.81. The van der Waals surface area contributed by atoms with Crippen LogP contribution in [0.2, 0.25) is 25.1 Å². The molecule has 2 amide bonds. The van der Waals surface area contributed by atoms with Crippen molar-refractivity contribution in [3.63, 3.8) is 0 Å². The largest absolute Gasteiger partial charge is 0.476 e. The van der Waals surface area contributed by atoms with Crippen molar-refractivity contribution in [2.24, 2.45) is 0 Å². The summed E-state index contributed by atoms with van der Waals surface area (Å²) < 4.78 is 5.72. The number of imide groups is 1. The molecule has 0 unspecified atom stereocenters. The fourth-order valence-corrected chi connectivity index (χ4v) is 4.52. The number of fused-ring (bicyclic) bond motifs is 1. The Bertz CT molecular complexity index is 1420. The Morgan fingerprint density at radius 2 is 1.14 bits per heavy atom. The summed E-state index contributed by atoms with van der Waals surface area (Å²) in [6.07, 6.45) is 0. The van der Waals surface area contributed by atoms with Gasteiger partial charge in [-0.05, 0) is 62.4 Å². The van der Waals surface area contributed by atoms with E-state index < -0.39 is 23.4 Å². The lowest BCUT2D eigenvalue weighted by Crippen LogP contribution is -2.45. The first-order valence-corrected chi connectivity index (χ1v) is 12.3. The Kier molecular flexibility index (Phi) is 7.48. The van der Waals surface area contributed by atoms with Gasteiger partial charge >= 0.3 is 5.97 Å². The van der Waals surface area contributed by atoms with Crippen molar-refractivity contribution in [2.75, 3.05) is 0 Å². The number of rotatable bonds is 6. The first-order valence-electron chi connectivity index (χ1n) is 10.4. The molecular weight excluding hydrogens is 588 g/mol. The zero-order valence-corrected chi connectivity index (χ0v) is 22.7. The molecular formula is C25H14Cl5NO6. The molecule has 0 saturated carbocycles. The molecule has 3 aromatic rings. The van der Waals surface area contributed by atoms with Crippen molar-refractivity contribution < 1.29 is 28.8 Å². The lowest BCUT2D eigenvalue weighted by atomic mass is 10.0. The van der Waals surface area contributed by atoms with Crippen molar-refractivity contribution in [1.82, 2.24) is 5.06 Å². The molecule has 0 radical (unpaired) electrons. The molecule has 12 heteroatoms. The summed E-state index contributed by atoms with van der Waals surface area (Å²) in [5.41, 5.74) is -1.50. The fourth-order valence-electron chi connectivity index (χ4n) is 3.38. The van der Waals surface area contributed by atoms with Gasteiger partial charge in [-0.2, -0.15) is 0 Å². The Balaban J connectivity index is 1.49. The Morgan fingerprint density at radius 1 is 0.703 bits per heavy atom. The maximum absolute atomic E-state index is 12.9. The lowest BCUT2D eigenvalue weighted by Gasteiger charge is -2.25. The molecule has 1 aliphatic heterocycles. The van der Waals surface area contributed by atoms with Gasteiger partial charge in [0.2, 0.25) is 5.60 Å². The van der Waals surface area contributed by atoms with Crippen molar-refractivity contribution in [3.8, 4) is 5.75 Å². The molecule has 0 saturated heterocycles. The molecule has 7 nitrogen and oxygen atoms in total. The topological polar surface area (TPSA) is 90.0 Å². The first-order chi connectivity index (χ1) is 17.3. The van der Waals surface area contributed by atoms with Crippen LogP contribution in [0.5, 0.6) is 5.75 Å². The van der Waals surface area contributed by atoms with Crippen molar-refractivity contribution in [3.05, 3.63) is 95.9 Å². The smallest absolute Gasteiger partial charge is 0.375 e. The summed E-state index contributed by atoms with van der Waals surface area (Å²) in [5.74, 6) is -3.17. The molecule has 0 aliphatic carbocycles. The van der Waals surface area contributed by atoms with E-state index in [9.17, 15) is 19.2 Å². The number of amides is 2. The van der Waals surface area contributed by atoms with E-state index in [0.29, 0.717) is 16.1 Å². The second kappa shape index (κ2) is 10.2. The molecule has 3 aromatic carbocycles. The molecule has 4 rings (SSSR count). The van der Waals surface area contributed by atoms with Crippen molar-refractivity contribution in [1.29, 1.82) is 0 Å². The normalized spacial score (nSPS) is 13.0. The van der Waals surface area contributed by atoms with Gasteiger partial charge in [-0.1, -0.05) is 63.1 Å². The van der Waals surface area contributed by atoms with Gasteiger partial charge in [-0.15, -0.1) is 0 Å². The van der Waals surface area contributed by atoms with E-state index in [-0.39, 0.29) is 47.8 Å². The predicted octanol–water partition coefficient (Wildman–Crippen LogP) is 7.10. The van der Waals surface area contributed by atoms with Crippen LogP contribution in [-0.2, 0) is 9.63 Å². The summed E-state index contributed by atoms with van der Waals surface area (Å²) in [4.78, 5) is 56.2. The second-order valence-electron chi connectivity index (χ2n) is 8.26. The average Bonchev–Trinajstić information content (AvgIpc) is 3.11. The maximum Gasteiger partial charge on any atom is 0.375 e. The number of ether oxygens (including phenoxy) is 1. The quantitative estimate of drug-likeness (QED) is 0.130. The summed E-state index contributed by atoms with van der Waals surface area (Å²) in [5, 5.41) is -0.310. The Morgan fingerprint density at radius 3 is 1.59 bits per heavy atom. The number of halogens is 5. The van der Waals surface area contributed by atoms with E-state index >= 15 is 0 Å². The summed E-state index contributed by atoms with van der Waals surface area (Å²) in [7, 11) is 0. The molecule has 0 spiro atoms. The molecule has 37 heavy (non-hydrogen) atoms. The highest BCUT2D eigenvalue weighted by atomic mass is 35.5. The number of hydroxylamine groups is 2. The van der Waals surface area contributed by atoms with E-state index in [1.807, 2.05) is 0 Å². The third-order valence-electron chi connectivity index (χ3n) is 5.33. The van der Waals surface area contributed by atoms with Gasteiger partial charge in [-0.25, -0.2) is 4.79 Å². The summed E-state index contributed by atoms with van der Waals surface area (Å²) in [6.45, 7) is 2.74. The number of benzene rings is 3. The van der Waals surface area contributed by atoms with Crippen LogP contribution in [0.4, 0.5) is 0 Å². The van der Waals surface area contributed by atoms with Gasteiger partial charge in [0.05, 0.1) is 31.2 Å². The van der Waals surface area contributed by atoms with Crippen LogP contribution in [0.15, 0.2) is 48.5 Å². The van der Waals surface area contributed by atoms with Crippen molar-refractivity contribution in [2.45, 2.75) is 19.4 Å². The third kappa shape index (κ3) is 5.02. The monoisotopic (exact) mass is 599 g/mol. The molecule has 0 aromatic heterocycles. The number of carbonyl (C=O) groups excluding carboxylic acids is 4. The van der Waals surface area contributed by atoms with Crippen LogP contribution in [-0.4, -0.2) is 34.2 Å². The lowest BCUT2D eigenvalue weighted by molar-refractivity contribution is -0.184. The van der Waals surface area contributed by atoms with Gasteiger partial charge < -0.3 is 9.57 Å². The van der Waals surface area contributed by atoms with Gasteiger partial charge in [0.15, 0.2) is 5.78 Å². The van der Waals surface area contributed by atoms with Crippen molar-refractivity contribution >= 4 is 81.6 Å². The van der Waals surface area contributed by atoms with Crippen LogP contribution in [0, 0.1) is 0 Å². The zero-order chi connectivity index (χ0) is 27.2. The average molecular weight is 602 g/mol. The maximum atomic E-state index is 12.9. The first kappa shape index (κ1) is 27.2. The van der Waals surface area contributed by atoms with E-state index in [4.69, 9.17) is 67.6 Å². The van der Waals surface area contributed by atoms with E-state index in [1.54, 1.807) is 24.3 Å². The summed E-state index contributed by atoms with van der Waals surface area (Å²) in [6, 6.07) is 12.5. The van der Waals surface area contributed by atoms with Gasteiger partial charge in [0.25, 0.3) is 11.8 Å². The van der Waals surface area contributed by atoms with Gasteiger partial charge in [0, 0.05) is 16.1 Å². The molecule has 0 fully saturated rings. The van der Waals surface area contributed by atoms with E-state index in [0.717, 1.165) is 0 Å². The molecule has 1 heterocycles. The molecule has 190 valence electrons. The van der Waals surface area contributed by atoms with Crippen LogP contribution < -0.4 is 4.74 Å². The third-order valence-corrected chi connectivity index (χ3v) is 7.38. The SMILES string of the molecule is CC(C)(Oc1ccc(C(=O)c2ccc(Cl)cc2)cc1)C(=O)ON1C(=O)c2c(Cl)c(Cl)c(Cl)c(Cl)c2C1=O. The number of ketones is 1. The minimum atomic E-state index is -1.67. The summed E-state index contributed by atoms with van der Waals surface area (Å²) >= 11 is 30.0. The minimum absolute atomic E-state index is 0.219. The number of hydrogen-bond donors (Lipinski definition) is 0. The standard InChI is InChI=1S/C25H14Cl5NO6/c1-25(2,36-14-9-5-12(6-10-14)21(32)11-3-7-13(26)8-4-11)24(35)37-31-22(33)15-16(23(31)34)18(28)20(30)19(29)17(15)27/h3-10H,1-2H3. The van der Waals surface area contributed by atoms with Crippen LogP contribution >= 0.6 is 58.0 Å². The highest BCUT2D eigenvalue weighted by molar-refractivity contribution is 6.55. The van der Waals surface area contributed by atoms with Gasteiger partial charge in [0.1, 0.15) is 5.75 Å². The molecule has 1 aliphatic rings. The predicted molar refractivity (Wildman–Crippen MR) is 139 cm³/mol. The molecule has 0 N–H and O–H groups in total. The number of carbonyl (C=O) groups is 4. The highest BCUT2D eigenvalue weighted by Gasteiger charge is 2.46. The molecule has 0 bridgehead atoms. The fraction of sp³-hybridized carbons (Fsp3) is 0.120. The second-order valence-corrected chi connectivity index (χ2v) is 10.2. The van der Waals surface area contributed by atoms with Gasteiger partial charge in [-0.3, -0.25) is 14.4 Å². The number of hydrogen-bond acceptors (Lipinski definition) is 6. The van der Waals surface area contributed by atoms with Crippen LogP contribution in [0.25, 0.3) is 0 Å².